The van der Waals surface area contributed by atoms with E-state index in [0.29, 0.717) is 49.5 Å². The molecule has 1 N–H and O–H groups in total. The molecule has 1 aliphatic heterocycles. The molecule has 0 aliphatic carbocycles. The number of ether oxygens (including phenoxy) is 1. The van der Waals surface area contributed by atoms with Gasteiger partial charge in [-0.05, 0) is 12.1 Å². The summed E-state index contributed by atoms with van der Waals surface area (Å²) in [6.07, 6.45) is 0. The second-order valence-electron chi connectivity index (χ2n) is 6.29. The number of carboxylic acids is 1. The first kappa shape index (κ1) is 20.2. The molecule has 0 aromatic carbocycles. The van der Waals surface area contributed by atoms with E-state index in [1.54, 1.807) is 20.1 Å². The topological polar surface area (TPSA) is 109 Å². The van der Waals surface area contributed by atoms with Gasteiger partial charge in [0.05, 0.1) is 18.1 Å². The maximum atomic E-state index is 11.5. The van der Waals surface area contributed by atoms with Crippen LogP contribution in [-0.2, 0) is 21.9 Å². The van der Waals surface area contributed by atoms with Crippen molar-refractivity contribution in [2.45, 2.75) is 24.4 Å². The summed E-state index contributed by atoms with van der Waals surface area (Å²) >= 11 is 1.37. The number of rotatable bonds is 7. The van der Waals surface area contributed by atoms with E-state index in [9.17, 15) is 9.59 Å². The van der Waals surface area contributed by atoms with Crippen LogP contribution in [0.25, 0.3) is 0 Å². The third kappa shape index (κ3) is 5.02. The average Bonchev–Trinajstić information content (AvgIpc) is 3.16. The number of aromatic nitrogens is 2. The van der Waals surface area contributed by atoms with Gasteiger partial charge in [-0.15, -0.1) is 0 Å². The van der Waals surface area contributed by atoms with Crippen LogP contribution in [0.15, 0.2) is 27.8 Å². The molecule has 0 radical (unpaired) electrons. The number of furan rings is 1. The molecule has 1 fully saturated rings. The van der Waals surface area contributed by atoms with Crippen molar-refractivity contribution in [3.63, 3.8) is 0 Å². The van der Waals surface area contributed by atoms with E-state index < -0.39 is 5.97 Å². The van der Waals surface area contributed by atoms with Gasteiger partial charge in [0.15, 0.2) is 5.16 Å². The van der Waals surface area contributed by atoms with Gasteiger partial charge in [-0.3, -0.25) is 4.79 Å². The summed E-state index contributed by atoms with van der Waals surface area (Å²) in [6.45, 7) is 4.66. The molecule has 1 aliphatic rings. The first-order valence-electron chi connectivity index (χ1n) is 8.78. The summed E-state index contributed by atoms with van der Waals surface area (Å²) in [5.74, 6) is 0.646. The molecule has 3 rings (SSSR count). The highest BCUT2D eigenvalue weighted by Crippen LogP contribution is 2.25. The molecule has 0 unspecified atom stereocenters. The molecule has 0 bridgehead atoms. The third-order valence-electron chi connectivity index (χ3n) is 4.30. The minimum Gasteiger partial charge on any atom is -0.475 e. The Bertz CT molecular complexity index is 848. The van der Waals surface area contributed by atoms with Crippen molar-refractivity contribution in [1.29, 1.82) is 0 Å². The maximum absolute atomic E-state index is 11.5. The molecule has 1 amide bonds. The van der Waals surface area contributed by atoms with Crippen LogP contribution in [-0.4, -0.2) is 65.1 Å². The van der Waals surface area contributed by atoms with Crippen LogP contribution in [0.4, 0.5) is 5.82 Å². The summed E-state index contributed by atoms with van der Waals surface area (Å²) in [7, 11) is 1.61. The monoisotopic (exact) mass is 406 g/mol. The number of carbonyl (C=O) groups is 2. The molecule has 2 aromatic heterocycles. The number of hydrogen-bond acceptors (Lipinski definition) is 8. The summed E-state index contributed by atoms with van der Waals surface area (Å²) in [6, 6.07) is 4.96. The normalized spacial score (nSPS) is 14.4. The highest BCUT2D eigenvalue weighted by atomic mass is 32.2. The Balaban J connectivity index is 1.72. The predicted molar refractivity (Wildman–Crippen MR) is 102 cm³/mol. The number of nitrogens with zero attached hydrogens (tertiary/aromatic N) is 4. The van der Waals surface area contributed by atoms with Gasteiger partial charge in [-0.25, -0.2) is 14.8 Å². The fraction of sp³-hybridized carbons (Fsp3) is 0.444. The fourth-order valence-corrected chi connectivity index (χ4v) is 3.63. The quantitative estimate of drug-likeness (QED) is 0.544. The van der Waals surface area contributed by atoms with Crippen molar-refractivity contribution >= 4 is 29.5 Å². The third-order valence-corrected chi connectivity index (χ3v) is 5.17. The Morgan fingerprint density at radius 1 is 1.25 bits per heavy atom. The van der Waals surface area contributed by atoms with Gasteiger partial charge in [0.1, 0.15) is 11.6 Å². The van der Waals surface area contributed by atoms with E-state index in [1.165, 1.54) is 17.8 Å². The van der Waals surface area contributed by atoms with Crippen molar-refractivity contribution < 1.29 is 23.8 Å². The highest BCUT2D eigenvalue weighted by Gasteiger charge is 2.21. The number of carbonyl (C=O) groups excluding carboxylic acids is 1. The number of methoxy groups -OCH3 is 1. The van der Waals surface area contributed by atoms with Crippen molar-refractivity contribution in [1.82, 2.24) is 14.9 Å². The number of aromatic carboxylic acids is 1. The predicted octanol–water partition coefficient (Wildman–Crippen LogP) is 1.88. The highest BCUT2D eigenvalue weighted by molar-refractivity contribution is 7.98. The van der Waals surface area contributed by atoms with Crippen molar-refractivity contribution in [2.75, 3.05) is 38.2 Å². The molecule has 2 aromatic rings. The van der Waals surface area contributed by atoms with Crippen LogP contribution in [0.5, 0.6) is 0 Å². The zero-order valence-electron chi connectivity index (χ0n) is 15.8. The van der Waals surface area contributed by atoms with E-state index >= 15 is 0 Å². The van der Waals surface area contributed by atoms with Gasteiger partial charge in [0, 0.05) is 46.3 Å². The fourth-order valence-electron chi connectivity index (χ4n) is 2.86. The molecular weight excluding hydrogens is 384 g/mol. The lowest BCUT2D eigenvalue weighted by molar-refractivity contribution is -0.129. The van der Waals surface area contributed by atoms with Crippen LogP contribution < -0.4 is 4.90 Å². The van der Waals surface area contributed by atoms with E-state index in [2.05, 4.69) is 14.9 Å². The largest absolute Gasteiger partial charge is 0.475 e. The molecule has 0 saturated carbocycles. The van der Waals surface area contributed by atoms with Gasteiger partial charge < -0.3 is 24.1 Å². The van der Waals surface area contributed by atoms with Crippen LogP contribution in [0.1, 0.15) is 28.9 Å². The van der Waals surface area contributed by atoms with Crippen molar-refractivity contribution in [2.24, 2.45) is 0 Å². The minimum atomic E-state index is -1.10. The number of anilines is 1. The van der Waals surface area contributed by atoms with E-state index in [4.69, 9.17) is 14.3 Å². The average molecular weight is 406 g/mol. The Hall–Kier alpha value is -2.59. The molecule has 28 heavy (non-hydrogen) atoms. The summed E-state index contributed by atoms with van der Waals surface area (Å²) < 4.78 is 10.5. The first-order chi connectivity index (χ1) is 13.5. The van der Waals surface area contributed by atoms with E-state index in [-0.39, 0.29) is 11.7 Å². The first-order valence-corrected chi connectivity index (χ1v) is 9.77. The molecule has 9 nitrogen and oxygen atoms in total. The SMILES string of the molecule is COCc1cc(N2CCN(C(C)=O)CC2)nc(SCc2ccc(C(=O)O)o2)n1. The second-order valence-corrected chi connectivity index (χ2v) is 7.23. The summed E-state index contributed by atoms with van der Waals surface area (Å²) in [5.41, 5.74) is 0.759. The lowest BCUT2D eigenvalue weighted by Crippen LogP contribution is -2.48. The zero-order valence-corrected chi connectivity index (χ0v) is 16.6. The van der Waals surface area contributed by atoms with Gasteiger partial charge in [-0.1, -0.05) is 11.8 Å². The number of thioether (sulfide) groups is 1. The van der Waals surface area contributed by atoms with Crippen LogP contribution >= 0.6 is 11.8 Å². The van der Waals surface area contributed by atoms with Gasteiger partial charge in [-0.2, -0.15) is 0 Å². The van der Waals surface area contributed by atoms with Crippen LogP contribution in [0.3, 0.4) is 0 Å². The van der Waals surface area contributed by atoms with Crippen molar-refractivity contribution in [3.8, 4) is 0 Å². The number of carboxylic acid groups (broad SMARTS) is 1. The Morgan fingerprint density at radius 2 is 2.00 bits per heavy atom. The lowest BCUT2D eigenvalue weighted by Gasteiger charge is -2.35. The molecular formula is C18H22N4O5S. The lowest BCUT2D eigenvalue weighted by atomic mass is 10.3. The standard InChI is InChI=1S/C18H22N4O5S/c1-12(23)21-5-7-22(8-6-21)16-9-13(10-26-2)19-18(20-16)28-11-14-3-4-15(27-14)17(24)25/h3-4,9H,5-8,10-11H2,1-2H3,(H,24,25). The summed E-state index contributed by atoms with van der Waals surface area (Å²) in [5, 5.41) is 9.51. The second kappa shape index (κ2) is 9.07. The van der Waals surface area contributed by atoms with Gasteiger partial charge in [0.25, 0.3) is 0 Å². The van der Waals surface area contributed by atoms with Crippen LogP contribution in [0, 0.1) is 0 Å². The van der Waals surface area contributed by atoms with E-state index in [0.717, 1.165) is 11.5 Å². The van der Waals surface area contributed by atoms with E-state index in [1.807, 2.05) is 11.0 Å². The molecule has 150 valence electrons. The molecule has 0 spiro atoms. The molecule has 10 heteroatoms. The van der Waals surface area contributed by atoms with Crippen LogP contribution in [0.2, 0.25) is 0 Å². The Kier molecular flexibility index (Phi) is 6.53. The number of piperazine rings is 1. The zero-order chi connectivity index (χ0) is 20.1. The Morgan fingerprint density at radius 3 is 2.61 bits per heavy atom. The number of amides is 1. The smallest absolute Gasteiger partial charge is 0.371 e. The van der Waals surface area contributed by atoms with Crippen molar-refractivity contribution in [3.05, 3.63) is 35.4 Å². The minimum absolute atomic E-state index is 0.0813. The maximum Gasteiger partial charge on any atom is 0.371 e. The molecule has 1 saturated heterocycles. The van der Waals surface area contributed by atoms with Gasteiger partial charge in [0.2, 0.25) is 11.7 Å². The number of hydrogen-bond donors (Lipinski definition) is 1. The molecule has 3 heterocycles. The summed E-state index contributed by atoms with van der Waals surface area (Å²) in [4.78, 5) is 35.5. The Labute approximate surface area is 166 Å². The molecule has 0 atom stereocenters. The van der Waals surface area contributed by atoms with Gasteiger partial charge >= 0.3 is 5.97 Å².